The van der Waals surface area contributed by atoms with Crippen LogP contribution in [0.15, 0.2) is 60.8 Å². The van der Waals surface area contributed by atoms with E-state index in [2.05, 4.69) is 53.3 Å². The van der Waals surface area contributed by atoms with E-state index in [4.69, 9.17) is 14.5 Å². The Morgan fingerprint density at radius 1 is 0.844 bits per heavy atom. The number of nitrogens with one attached hydrogen (secondary N) is 1. The second-order valence-corrected chi connectivity index (χ2v) is 7.83. The van der Waals surface area contributed by atoms with E-state index in [1.54, 1.807) is 14.2 Å². The molecule has 0 fully saturated rings. The van der Waals surface area contributed by atoms with Crippen molar-refractivity contribution in [2.45, 2.75) is 52.2 Å². The normalized spacial score (nSPS) is 11.6. The molecule has 0 bridgehead atoms. The number of rotatable bonds is 12. The van der Waals surface area contributed by atoms with Gasteiger partial charge in [-0.25, -0.2) is 4.98 Å². The van der Waals surface area contributed by atoms with E-state index < -0.39 is 0 Å². The topological polar surface area (TPSA) is 59.5 Å². The summed E-state index contributed by atoms with van der Waals surface area (Å²) in [6, 6.07) is 18.6. The molecule has 6 nitrogen and oxygen atoms in total. The molecule has 0 amide bonds. The lowest BCUT2D eigenvalue weighted by Crippen LogP contribution is -2.25. The number of aromatic nitrogens is 2. The predicted octanol–water partition coefficient (Wildman–Crippen LogP) is 5.69. The van der Waals surface area contributed by atoms with Crippen molar-refractivity contribution in [3.8, 4) is 11.5 Å². The molecule has 2 aromatic carbocycles. The summed E-state index contributed by atoms with van der Waals surface area (Å²) in [5, 5.41) is 3.57. The van der Waals surface area contributed by atoms with Crippen LogP contribution in [0.1, 0.15) is 44.2 Å². The summed E-state index contributed by atoms with van der Waals surface area (Å²) in [5.74, 6) is 3.26. The van der Waals surface area contributed by atoms with E-state index in [0.717, 1.165) is 36.6 Å². The average molecular weight is 435 g/mol. The van der Waals surface area contributed by atoms with E-state index in [0.29, 0.717) is 25.1 Å². The van der Waals surface area contributed by atoms with Crippen LogP contribution in [-0.4, -0.2) is 30.2 Å². The van der Waals surface area contributed by atoms with E-state index in [-0.39, 0.29) is 0 Å². The first-order valence-electron chi connectivity index (χ1n) is 11.3. The monoisotopic (exact) mass is 434 g/mol. The molecule has 0 saturated heterocycles. The number of anilines is 2. The number of nitrogens with zero attached hydrogens (tertiary/aromatic N) is 3. The van der Waals surface area contributed by atoms with Crippen LogP contribution in [0.5, 0.6) is 11.5 Å². The Bertz CT molecular complexity index is 895. The van der Waals surface area contributed by atoms with Gasteiger partial charge in [0.25, 0.3) is 0 Å². The minimum atomic E-state index is 0.416. The van der Waals surface area contributed by atoms with Gasteiger partial charge >= 0.3 is 0 Å². The van der Waals surface area contributed by atoms with Crippen molar-refractivity contribution in [2.75, 3.05) is 24.4 Å². The first kappa shape index (κ1) is 23.4. The van der Waals surface area contributed by atoms with Gasteiger partial charge in [0, 0.05) is 25.3 Å². The Hall–Kier alpha value is -3.28. The van der Waals surface area contributed by atoms with Gasteiger partial charge in [0.05, 0.1) is 14.2 Å². The third-order valence-corrected chi connectivity index (χ3v) is 5.47. The van der Waals surface area contributed by atoms with Gasteiger partial charge in [0.2, 0.25) is 5.95 Å². The smallest absolute Gasteiger partial charge is 0.227 e. The highest BCUT2D eigenvalue weighted by Gasteiger charge is 2.14. The molecule has 0 spiro atoms. The average Bonchev–Trinajstić information content (AvgIpc) is 2.84. The summed E-state index contributed by atoms with van der Waals surface area (Å²) in [4.78, 5) is 11.7. The van der Waals surface area contributed by atoms with Crippen LogP contribution in [-0.2, 0) is 13.1 Å². The van der Waals surface area contributed by atoms with Gasteiger partial charge in [-0.15, -0.1) is 0 Å². The number of hydrogen-bond donors (Lipinski definition) is 1. The lowest BCUT2D eigenvalue weighted by molar-refractivity contribution is 0.414. The second-order valence-electron chi connectivity index (χ2n) is 7.83. The molecule has 32 heavy (non-hydrogen) atoms. The Morgan fingerprint density at radius 3 is 1.88 bits per heavy atom. The molecule has 170 valence electrons. The minimum absolute atomic E-state index is 0.416. The maximum Gasteiger partial charge on any atom is 0.227 e. The van der Waals surface area contributed by atoms with E-state index in [1.165, 1.54) is 11.1 Å². The van der Waals surface area contributed by atoms with Crippen LogP contribution >= 0.6 is 0 Å². The third kappa shape index (κ3) is 6.61. The molecule has 0 unspecified atom stereocenters. The van der Waals surface area contributed by atoms with Crippen LogP contribution in [0.25, 0.3) is 0 Å². The number of hydrogen-bond acceptors (Lipinski definition) is 6. The molecule has 0 saturated carbocycles. The van der Waals surface area contributed by atoms with Crippen molar-refractivity contribution in [2.24, 2.45) is 0 Å². The number of benzene rings is 2. The van der Waals surface area contributed by atoms with Gasteiger partial charge in [-0.05, 0) is 54.3 Å². The van der Waals surface area contributed by atoms with Gasteiger partial charge in [-0.3, -0.25) is 0 Å². The Morgan fingerprint density at radius 2 is 1.41 bits per heavy atom. The quantitative estimate of drug-likeness (QED) is 0.395. The summed E-state index contributed by atoms with van der Waals surface area (Å²) in [6.45, 7) is 5.79. The molecular formula is C26H34N4O2. The highest BCUT2D eigenvalue weighted by Crippen LogP contribution is 2.21. The molecule has 3 aromatic rings. The molecule has 0 aliphatic carbocycles. The summed E-state index contributed by atoms with van der Waals surface area (Å²) in [7, 11) is 3.36. The van der Waals surface area contributed by atoms with Gasteiger partial charge in [0.15, 0.2) is 0 Å². The van der Waals surface area contributed by atoms with Crippen LogP contribution in [0.2, 0.25) is 0 Å². The predicted molar refractivity (Wildman–Crippen MR) is 131 cm³/mol. The SMILES string of the molecule is CCC[C@@H](CC)Nc1ccnc(N(Cc2ccc(OC)cc2)Cc2ccc(OC)cc2)n1. The molecule has 1 heterocycles. The van der Waals surface area contributed by atoms with Crippen LogP contribution in [0.3, 0.4) is 0 Å². The lowest BCUT2D eigenvalue weighted by atomic mass is 10.1. The van der Waals surface area contributed by atoms with E-state index in [9.17, 15) is 0 Å². The molecule has 1 N–H and O–H groups in total. The summed E-state index contributed by atoms with van der Waals surface area (Å²) < 4.78 is 10.6. The van der Waals surface area contributed by atoms with E-state index in [1.807, 2.05) is 36.5 Å². The third-order valence-electron chi connectivity index (χ3n) is 5.47. The van der Waals surface area contributed by atoms with Crippen molar-refractivity contribution in [3.63, 3.8) is 0 Å². The molecule has 1 atom stereocenters. The Kier molecular flexibility index (Phi) is 8.72. The number of methoxy groups -OCH3 is 2. The zero-order valence-corrected chi connectivity index (χ0v) is 19.5. The highest BCUT2D eigenvalue weighted by molar-refractivity contribution is 5.44. The fourth-order valence-electron chi connectivity index (χ4n) is 3.62. The Balaban J connectivity index is 1.85. The summed E-state index contributed by atoms with van der Waals surface area (Å²) in [6.07, 6.45) is 5.16. The molecule has 0 radical (unpaired) electrons. The second kappa shape index (κ2) is 11.9. The van der Waals surface area contributed by atoms with Crippen LogP contribution < -0.4 is 19.7 Å². The largest absolute Gasteiger partial charge is 0.497 e. The van der Waals surface area contributed by atoms with Crippen molar-refractivity contribution in [3.05, 3.63) is 71.9 Å². The molecule has 1 aromatic heterocycles. The van der Waals surface area contributed by atoms with Crippen LogP contribution in [0, 0.1) is 0 Å². The van der Waals surface area contributed by atoms with Crippen molar-refractivity contribution >= 4 is 11.8 Å². The van der Waals surface area contributed by atoms with Gasteiger partial charge in [-0.1, -0.05) is 44.5 Å². The standard InChI is InChI=1S/C26H34N4O2/c1-5-7-22(6-2)28-25-16-17-27-26(29-25)30(18-20-8-12-23(31-3)13-9-20)19-21-10-14-24(32-4)15-11-21/h8-17,22H,5-7,18-19H2,1-4H3,(H,27,28,29)/t22-/m1/s1. The van der Waals surface area contributed by atoms with Crippen molar-refractivity contribution in [1.82, 2.24) is 9.97 Å². The molecule has 0 aliphatic heterocycles. The Labute approximate surface area is 191 Å². The maximum atomic E-state index is 5.30. The molecule has 6 heteroatoms. The lowest BCUT2D eigenvalue weighted by Gasteiger charge is -2.24. The molecule has 0 aliphatic rings. The van der Waals surface area contributed by atoms with Crippen LogP contribution in [0.4, 0.5) is 11.8 Å². The fourth-order valence-corrected chi connectivity index (χ4v) is 3.62. The maximum absolute atomic E-state index is 5.30. The zero-order chi connectivity index (χ0) is 22.8. The summed E-state index contributed by atoms with van der Waals surface area (Å²) >= 11 is 0. The summed E-state index contributed by atoms with van der Waals surface area (Å²) in [5.41, 5.74) is 2.33. The van der Waals surface area contributed by atoms with Crippen molar-refractivity contribution in [1.29, 1.82) is 0 Å². The minimum Gasteiger partial charge on any atom is -0.497 e. The van der Waals surface area contributed by atoms with Gasteiger partial charge in [-0.2, -0.15) is 4.98 Å². The molecule has 3 rings (SSSR count). The fraction of sp³-hybridized carbons (Fsp3) is 0.385. The first-order chi connectivity index (χ1) is 15.6. The van der Waals surface area contributed by atoms with Gasteiger partial charge < -0.3 is 19.7 Å². The van der Waals surface area contributed by atoms with Crippen molar-refractivity contribution < 1.29 is 9.47 Å². The van der Waals surface area contributed by atoms with E-state index >= 15 is 0 Å². The first-order valence-corrected chi connectivity index (χ1v) is 11.3. The number of ether oxygens (including phenoxy) is 2. The highest BCUT2D eigenvalue weighted by atomic mass is 16.5. The zero-order valence-electron chi connectivity index (χ0n) is 19.5. The molecular weight excluding hydrogens is 400 g/mol. The van der Waals surface area contributed by atoms with Gasteiger partial charge in [0.1, 0.15) is 17.3 Å².